The first-order valence-electron chi connectivity index (χ1n) is 3.55. The minimum atomic E-state index is -0.432. The van der Waals surface area contributed by atoms with Crippen molar-refractivity contribution in [2.24, 2.45) is 0 Å². The zero-order valence-corrected chi connectivity index (χ0v) is 6.46. The van der Waals surface area contributed by atoms with Crippen molar-refractivity contribution < 1.29 is 15.8 Å². The van der Waals surface area contributed by atoms with Gasteiger partial charge in [-0.3, -0.25) is 0 Å². The molecule has 10 heavy (non-hydrogen) atoms. The van der Waals surface area contributed by atoms with Crippen LogP contribution in [0.5, 0.6) is 0 Å². The Labute approximate surface area is 62.7 Å². The molecule has 1 N–H and O–H groups in total. The third-order valence-electron chi connectivity index (χ3n) is 0.949. The van der Waals surface area contributed by atoms with Crippen LogP contribution in [0.3, 0.4) is 0 Å². The van der Waals surface area contributed by atoms with Crippen LogP contribution >= 0.6 is 0 Å². The smallest absolute Gasteiger partial charge is 0.347 e. The van der Waals surface area contributed by atoms with Crippen LogP contribution in [0.25, 0.3) is 0 Å². The molecule has 3 heteroatoms. The molecule has 0 saturated carbocycles. The van der Waals surface area contributed by atoms with Crippen LogP contribution in [-0.2, 0) is 9.53 Å². The molecule has 0 aromatic carbocycles. The minimum absolute atomic E-state index is 0.0461. The fourth-order valence-corrected chi connectivity index (χ4v) is 0.388. The second-order valence-electron chi connectivity index (χ2n) is 2.17. The van der Waals surface area contributed by atoms with Crippen molar-refractivity contribution in [2.45, 2.75) is 0 Å². The lowest BCUT2D eigenvalue weighted by atomic mass is 10.6. The first kappa shape index (κ1) is 7.28. The number of likely N-dealkylation sites (N-methyl/N-ethyl adjacent to an activating group) is 1. The number of nitrogens with one attached hydrogen (secondary N) is 1. The molecule has 0 aliphatic carbocycles. The molecule has 0 unspecified atom stereocenters. The van der Waals surface area contributed by atoms with Crippen LogP contribution in [0, 0.1) is 0 Å². The van der Waals surface area contributed by atoms with Crippen molar-refractivity contribution in [3.8, 4) is 0 Å². The second-order valence-corrected chi connectivity index (χ2v) is 2.17. The van der Waals surface area contributed by atoms with Gasteiger partial charge in [0.1, 0.15) is 13.2 Å². The lowest BCUT2D eigenvalue weighted by Gasteiger charge is -2.05. The molecule has 0 spiro atoms. The molecule has 0 atom stereocenters. The monoisotopic (exact) mass is 145 g/mol. The zero-order valence-electron chi connectivity index (χ0n) is 7.46. The lowest BCUT2D eigenvalue weighted by Crippen LogP contribution is -3.06. The number of ether oxygens (including phenoxy) is 1. The molecule has 0 heterocycles. The van der Waals surface area contributed by atoms with Crippen LogP contribution in [-0.4, -0.2) is 33.2 Å². The Balaban J connectivity index is 3.42. The molecule has 58 valence electrons. The van der Waals surface area contributed by atoms with Gasteiger partial charge < -0.3 is 9.63 Å². The number of rotatable bonds is 4. The highest BCUT2D eigenvalue weighted by Gasteiger charge is 1.96. The van der Waals surface area contributed by atoms with Crippen molar-refractivity contribution in [3.05, 3.63) is 12.7 Å². The molecular weight excluding hydrogens is 130 g/mol. The highest BCUT2D eigenvalue weighted by molar-refractivity contribution is 5.81. The molecule has 0 aliphatic rings. The first-order chi connectivity index (χ1) is 4.95. The number of carbonyl (C=O) groups excluding carboxylic acids is 1. The van der Waals surface area contributed by atoms with Gasteiger partial charge in [-0.15, -0.1) is 0 Å². The average molecular weight is 145 g/mol. The minimum Gasteiger partial charge on any atom is -0.457 e. The molecule has 0 aromatic rings. The molecule has 0 fully saturated rings. The van der Waals surface area contributed by atoms with Gasteiger partial charge in [0, 0.05) is 6.08 Å². The van der Waals surface area contributed by atoms with E-state index in [-0.39, 0.29) is 11.5 Å². The van der Waals surface area contributed by atoms with E-state index in [1.807, 2.05) is 0 Å². The highest BCUT2D eigenvalue weighted by Crippen LogP contribution is 1.74. The normalized spacial score (nSPS) is 12.0. The molecule has 0 radical (unpaired) electrons. The SMILES string of the molecule is [2H][N+](C)(C)CCOC(=O)C=C. The molecular formula is C7H14NO2+. The summed E-state index contributed by atoms with van der Waals surface area (Å²) in [7, 11) is 3.42. The van der Waals surface area contributed by atoms with Crippen LogP contribution in [0.2, 0.25) is 1.41 Å². The summed E-state index contributed by atoms with van der Waals surface area (Å²) in [6.07, 6.45) is 1.12. The fourth-order valence-electron chi connectivity index (χ4n) is 0.388. The molecule has 0 saturated heterocycles. The Morgan fingerprint density at radius 1 is 1.90 bits per heavy atom. The summed E-state index contributed by atoms with van der Waals surface area (Å²) in [6.45, 7) is 4.00. The van der Waals surface area contributed by atoms with Crippen LogP contribution in [0.4, 0.5) is 0 Å². The third-order valence-corrected chi connectivity index (χ3v) is 0.949. The fraction of sp³-hybridized carbons (Fsp3) is 0.571. The quantitative estimate of drug-likeness (QED) is 0.400. The number of carbonyl (C=O) groups is 1. The maximum Gasteiger partial charge on any atom is 0.347 e. The van der Waals surface area contributed by atoms with Gasteiger partial charge in [-0.25, -0.2) is 4.79 Å². The van der Waals surface area contributed by atoms with E-state index in [4.69, 9.17) is 1.41 Å². The Morgan fingerprint density at radius 3 is 2.90 bits per heavy atom. The molecule has 0 aliphatic heterocycles. The van der Waals surface area contributed by atoms with Crippen molar-refractivity contribution in [1.82, 2.24) is 0 Å². The number of quaternary nitrogens is 1. The summed E-state index contributed by atoms with van der Waals surface area (Å²) < 4.78 is 12.0. The predicted molar refractivity (Wildman–Crippen MR) is 38.8 cm³/mol. The van der Waals surface area contributed by atoms with Crippen molar-refractivity contribution >= 4 is 5.97 Å². The number of hydrogen-bond acceptors (Lipinski definition) is 2. The maximum atomic E-state index is 10.5. The van der Waals surface area contributed by atoms with E-state index in [0.29, 0.717) is 6.54 Å². The van der Waals surface area contributed by atoms with E-state index in [1.54, 1.807) is 14.1 Å². The topological polar surface area (TPSA) is 30.7 Å². The van der Waals surface area contributed by atoms with E-state index >= 15 is 0 Å². The summed E-state index contributed by atoms with van der Waals surface area (Å²) in [4.78, 5) is 10.5. The van der Waals surface area contributed by atoms with Crippen molar-refractivity contribution in [1.29, 1.82) is 0 Å². The van der Waals surface area contributed by atoms with Gasteiger partial charge in [-0.2, -0.15) is 0 Å². The van der Waals surface area contributed by atoms with Crippen molar-refractivity contribution in [3.63, 3.8) is 0 Å². The number of esters is 1. The van der Waals surface area contributed by atoms with Crippen LogP contribution in [0.15, 0.2) is 12.7 Å². The van der Waals surface area contributed by atoms with E-state index < -0.39 is 5.97 Å². The number of hydrogen-bond donors (Lipinski definition) is 1. The lowest BCUT2D eigenvalue weighted by molar-refractivity contribution is -0.858. The summed E-state index contributed by atoms with van der Waals surface area (Å²) in [5.41, 5.74) is 0. The third kappa shape index (κ3) is 5.31. The summed E-state index contributed by atoms with van der Waals surface area (Å²) in [5, 5.41) is 0. The first-order valence-corrected chi connectivity index (χ1v) is 3.10. The van der Waals surface area contributed by atoms with Crippen molar-refractivity contribution in [2.75, 3.05) is 27.2 Å². The van der Waals surface area contributed by atoms with E-state index in [9.17, 15) is 4.79 Å². The maximum absolute atomic E-state index is 10.5. The second kappa shape index (κ2) is 4.99. The van der Waals surface area contributed by atoms with Gasteiger partial charge in [0.25, 0.3) is 0 Å². The van der Waals surface area contributed by atoms with E-state index in [2.05, 4.69) is 11.3 Å². The summed E-state index contributed by atoms with van der Waals surface area (Å²) in [5.74, 6) is -0.432. The van der Waals surface area contributed by atoms with E-state index in [1.165, 1.54) is 0 Å². The summed E-state index contributed by atoms with van der Waals surface area (Å²) >= 11 is 0. The molecule has 0 bridgehead atoms. The predicted octanol–water partition coefficient (Wildman–Crippen LogP) is -1.14. The Hall–Kier alpha value is -0.830. The highest BCUT2D eigenvalue weighted by atomic mass is 16.5. The molecule has 0 rings (SSSR count). The average Bonchev–Trinajstić information content (AvgIpc) is 1.85. The van der Waals surface area contributed by atoms with Gasteiger partial charge in [-0.05, 0) is 0 Å². The van der Waals surface area contributed by atoms with E-state index in [0.717, 1.165) is 6.08 Å². The standard InChI is InChI=1S/C7H13NO2/c1-4-7(9)10-6-5-8(2)3/h4H,1,5-6H2,2-3H3/p+1/i/hD. The Kier molecular flexibility index (Phi) is 3.64. The Morgan fingerprint density at radius 2 is 2.50 bits per heavy atom. The largest absolute Gasteiger partial charge is 0.457 e. The molecule has 0 aromatic heterocycles. The van der Waals surface area contributed by atoms with Gasteiger partial charge in [0.2, 0.25) is 0 Å². The van der Waals surface area contributed by atoms with Gasteiger partial charge in [0.15, 0.2) is 0 Å². The van der Waals surface area contributed by atoms with Gasteiger partial charge in [0.05, 0.1) is 14.1 Å². The molecule has 3 nitrogen and oxygen atoms in total. The molecule has 0 amide bonds. The van der Waals surface area contributed by atoms with Gasteiger partial charge >= 0.3 is 7.38 Å². The Bertz CT molecular complexity index is 151. The zero-order chi connectivity index (χ0) is 8.91. The summed E-state index contributed by atoms with van der Waals surface area (Å²) in [6, 6.07) is 0. The van der Waals surface area contributed by atoms with Gasteiger partial charge in [-0.1, -0.05) is 6.58 Å². The van der Waals surface area contributed by atoms with Crippen LogP contribution in [0.1, 0.15) is 0 Å². The van der Waals surface area contributed by atoms with Crippen LogP contribution < -0.4 is 4.89 Å².